The lowest BCUT2D eigenvalue weighted by atomic mass is 10.1. The van der Waals surface area contributed by atoms with Crippen LogP contribution in [-0.2, 0) is 6.54 Å². The van der Waals surface area contributed by atoms with Crippen LogP contribution in [0.5, 0.6) is 0 Å². The van der Waals surface area contributed by atoms with Gasteiger partial charge in [0.25, 0.3) is 0 Å². The maximum Gasteiger partial charge on any atom is 0.320 e. The summed E-state index contributed by atoms with van der Waals surface area (Å²) in [6, 6.07) is 15.0. The summed E-state index contributed by atoms with van der Waals surface area (Å²) in [5.74, 6) is 1.15. The zero-order valence-corrected chi connectivity index (χ0v) is 15.9. The van der Waals surface area contributed by atoms with E-state index in [0.717, 1.165) is 22.0 Å². The summed E-state index contributed by atoms with van der Waals surface area (Å²) in [6.07, 6.45) is 5.19. The van der Waals surface area contributed by atoms with Gasteiger partial charge in [-0.1, -0.05) is 30.3 Å². The fourth-order valence-electron chi connectivity index (χ4n) is 2.98. The molecular formula is C21H21N7O. The first kappa shape index (κ1) is 18.4. The van der Waals surface area contributed by atoms with Gasteiger partial charge in [0.1, 0.15) is 5.82 Å². The number of fused-ring (bicyclic) bond motifs is 1. The molecule has 0 aliphatic heterocycles. The molecule has 146 valence electrons. The van der Waals surface area contributed by atoms with E-state index in [1.54, 1.807) is 24.7 Å². The van der Waals surface area contributed by atoms with E-state index >= 15 is 0 Å². The second-order valence-electron chi connectivity index (χ2n) is 6.63. The number of nitrogens with zero attached hydrogens (tertiary/aromatic N) is 3. The first-order valence-electron chi connectivity index (χ1n) is 9.28. The number of amides is 2. The van der Waals surface area contributed by atoms with Gasteiger partial charge in [0.2, 0.25) is 0 Å². The third-order valence-corrected chi connectivity index (χ3v) is 4.55. The Morgan fingerprint density at radius 2 is 1.93 bits per heavy atom. The highest BCUT2D eigenvalue weighted by Gasteiger charge is 2.12. The highest BCUT2D eigenvalue weighted by atomic mass is 16.2. The number of anilines is 2. The molecule has 0 saturated heterocycles. The van der Waals surface area contributed by atoms with E-state index in [1.165, 1.54) is 0 Å². The lowest BCUT2D eigenvalue weighted by Crippen LogP contribution is -2.31. The Morgan fingerprint density at radius 3 is 2.72 bits per heavy atom. The van der Waals surface area contributed by atoms with Crippen molar-refractivity contribution in [3.8, 4) is 0 Å². The molecule has 3 heterocycles. The van der Waals surface area contributed by atoms with E-state index in [2.05, 4.69) is 36.1 Å². The number of benzene rings is 1. The first-order chi connectivity index (χ1) is 14.2. The van der Waals surface area contributed by atoms with Crippen molar-refractivity contribution in [3.63, 3.8) is 0 Å². The maximum absolute atomic E-state index is 12.3. The van der Waals surface area contributed by atoms with Crippen LogP contribution in [0.4, 0.5) is 16.4 Å². The highest BCUT2D eigenvalue weighted by molar-refractivity contribution is 5.94. The molecule has 8 nitrogen and oxygen atoms in total. The second-order valence-corrected chi connectivity index (χ2v) is 6.63. The van der Waals surface area contributed by atoms with Crippen molar-refractivity contribution in [2.24, 2.45) is 0 Å². The summed E-state index contributed by atoms with van der Waals surface area (Å²) in [5, 5.41) is 17.1. The Morgan fingerprint density at radius 1 is 1.14 bits per heavy atom. The number of aromatic nitrogens is 4. The molecule has 8 heteroatoms. The summed E-state index contributed by atoms with van der Waals surface area (Å²) >= 11 is 0. The average molecular weight is 387 g/mol. The average Bonchev–Trinajstić information content (AvgIpc) is 3.15. The molecule has 0 spiro atoms. The Balaban J connectivity index is 1.39. The number of urea groups is 1. The first-order valence-corrected chi connectivity index (χ1v) is 9.28. The molecule has 29 heavy (non-hydrogen) atoms. The fraction of sp³-hybridized carbons (Fsp3) is 0.143. The van der Waals surface area contributed by atoms with Crippen molar-refractivity contribution in [1.29, 1.82) is 0 Å². The SMILES string of the molecule is C[C@@H](NC(=O)Nc1cc2[nH]nc(NCc3ccncc3)c2cn1)c1ccccc1. The van der Waals surface area contributed by atoms with Gasteiger partial charge in [-0.15, -0.1) is 0 Å². The van der Waals surface area contributed by atoms with Crippen LogP contribution in [0, 0.1) is 0 Å². The van der Waals surface area contributed by atoms with Crippen LogP contribution in [-0.4, -0.2) is 26.2 Å². The number of carbonyl (C=O) groups excluding carboxylic acids is 1. The van der Waals surface area contributed by atoms with Gasteiger partial charge in [-0.2, -0.15) is 5.10 Å². The van der Waals surface area contributed by atoms with Gasteiger partial charge in [0, 0.05) is 31.2 Å². The molecule has 0 saturated carbocycles. The van der Waals surface area contributed by atoms with E-state index in [0.29, 0.717) is 18.2 Å². The van der Waals surface area contributed by atoms with Gasteiger partial charge in [0.15, 0.2) is 5.82 Å². The van der Waals surface area contributed by atoms with Crippen LogP contribution >= 0.6 is 0 Å². The van der Waals surface area contributed by atoms with Crippen molar-refractivity contribution in [2.75, 3.05) is 10.6 Å². The highest BCUT2D eigenvalue weighted by Crippen LogP contribution is 2.22. The van der Waals surface area contributed by atoms with Crippen LogP contribution in [0.3, 0.4) is 0 Å². The predicted octanol–water partition coefficient (Wildman–Crippen LogP) is 3.85. The van der Waals surface area contributed by atoms with Crippen LogP contribution < -0.4 is 16.0 Å². The zero-order chi connectivity index (χ0) is 20.1. The quantitative estimate of drug-likeness (QED) is 0.402. The smallest absolute Gasteiger partial charge is 0.320 e. The van der Waals surface area contributed by atoms with Crippen LogP contribution in [0.25, 0.3) is 10.9 Å². The molecule has 0 aliphatic carbocycles. The minimum absolute atomic E-state index is 0.115. The van der Waals surface area contributed by atoms with Crippen molar-refractivity contribution in [3.05, 3.63) is 78.2 Å². The van der Waals surface area contributed by atoms with Crippen molar-refractivity contribution < 1.29 is 4.79 Å². The molecule has 1 aromatic carbocycles. The van der Waals surface area contributed by atoms with Crippen LogP contribution in [0.1, 0.15) is 24.1 Å². The van der Waals surface area contributed by atoms with Gasteiger partial charge in [-0.3, -0.25) is 15.4 Å². The number of pyridine rings is 2. The van der Waals surface area contributed by atoms with E-state index < -0.39 is 0 Å². The van der Waals surface area contributed by atoms with Crippen molar-refractivity contribution >= 4 is 28.6 Å². The molecule has 4 N–H and O–H groups in total. The van der Waals surface area contributed by atoms with Crippen LogP contribution in [0.2, 0.25) is 0 Å². The number of hydrogen-bond donors (Lipinski definition) is 4. The molecule has 0 unspecified atom stereocenters. The number of H-pyrrole nitrogens is 1. The molecule has 0 fully saturated rings. The number of hydrogen-bond acceptors (Lipinski definition) is 5. The molecule has 0 aliphatic rings. The van der Waals surface area contributed by atoms with Crippen molar-refractivity contribution in [2.45, 2.75) is 19.5 Å². The Hall–Kier alpha value is -3.94. The Labute approximate surface area is 167 Å². The van der Waals surface area contributed by atoms with Crippen LogP contribution in [0.15, 0.2) is 67.1 Å². The molecule has 4 aromatic rings. The largest absolute Gasteiger partial charge is 0.364 e. The second kappa shape index (κ2) is 8.39. The van der Waals surface area contributed by atoms with E-state index in [9.17, 15) is 4.79 Å². The summed E-state index contributed by atoms with van der Waals surface area (Å²) in [7, 11) is 0. The van der Waals surface area contributed by atoms with Gasteiger partial charge < -0.3 is 10.6 Å². The zero-order valence-electron chi connectivity index (χ0n) is 15.9. The number of rotatable bonds is 6. The lowest BCUT2D eigenvalue weighted by Gasteiger charge is -2.14. The maximum atomic E-state index is 12.3. The third kappa shape index (κ3) is 4.49. The van der Waals surface area contributed by atoms with Gasteiger partial charge in [-0.25, -0.2) is 9.78 Å². The standard InChI is InChI=1S/C21H21N7O/c1-14(16-5-3-2-4-6-16)25-21(29)26-19-11-18-17(13-23-19)20(28-27-18)24-12-15-7-9-22-10-8-15/h2-11,13-14H,12H2,1H3,(H2,24,27,28)(H2,23,25,26,29)/t14-/m1/s1. The predicted molar refractivity (Wildman–Crippen MR) is 112 cm³/mol. The van der Waals surface area contributed by atoms with Crippen molar-refractivity contribution in [1.82, 2.24) is 25.5 Å². The van der Waals surface area contributed by atoms with E-state index in [1.807, 2.05) is 49.4 Å². The minimum atomic E-state index is -0.316. The number of aromatic amines is 1. The summed E-state index contributed by atoms with van der Waals surface area (Å²) in [5.41, 5.74) is 2.92. The van der Waals surface area contributed by atoms with E-state index in [-0.39, 0.29) is 12.1 Å². The molecule has 4 rings (SSSR count). The summed E-state index contributed by atoms with van der Waals surface area (Å²) in [6.45, 7) is 2.56. The van der Waals surface area contributed by atoms with Gasteiger partial charge in [0.05, 0.1) is 16.9 Å². The normalized spacial score (nSPS) is 11.8. The molecule has 0 radical (unpaired) electrons. The topological polar surface area (TPSA) is 108 Å². The fourth-order valence-corrected chi connectivity index (χ4v) is 2.98. The Kier molecular flexibility index (Phi) is 5.33. The molecule has 3 aromatic heterocycles. The lowest BCUT2D eigenvalue weighted by molar-refractivity contribution is 0.249. The molecule has 1 atom stereocenters. The third-order valence-electron chi connectivity index (χ3n) is 4.55. The molecule has 0 bridgehead atoms. The summed E-state index contributed by atoms with van der Waals surface area (Å²) in [4.78, 5) is 20.6. The summed E-state index contributed by atoms with van der Waals surface area (Å²) < 4.78 is 0. The molecular weight excluding hydrogens is 366 g/mol. The molecule has 2 amide bonds. The number of nitrogens with one attached hydrogen (secondary N) is 4. The number of carbonyl (C=O) groups is 1. The van der Waals surface area contributed by atoms with Gasteiger partial charge >= 0.3 is 6.03 Å². The van der Waals surface area contributed by atoms with Gasteiger partial charge in [-0.05, 0) is 30.2 Å². The minimum Gasteiger partial charge on any atom is -0.364 e. The Bertz CT molecular complexity index is 1100. The monoisotopic (exact) mass is 387 g/mol. The van der Waals surface area contributed by atoms with E-state index in [4.69, 9.17) is 0 Å².